The first-order valence-electron chi connectivity index (χ1n) is 7.25. The molecule has 0 aromatic heterocycles. The first kappa shape index (κ1) is 16.9. The molecule has 2 heteroatoms. The monoisotopic (exact) mass is 243 g/mol. The molecule has 0 saturated heterocycles. The van der Waals surface area contributed by atoms with Gasteiger partial charge in [-0.25, -0.2) is 0 Å². The van der Waals surface area contributed by atoms with Crippen LogP contribution in [0, 0.1) is 5.41 Å². The second-order valence-corrected chi connectivity index (χ2v) is 6.17. The number of nitrogens with one attached hydrogen (secondary N) is 1. The van der Waals surface area contributed by atoms with Crippen LogP contribution in [0.2, 0.25) is 0 Å². The zero-order valence-corrected chi connectivity index (χ0v) is 12.8. The van der Waals surface area contributed by atoms with Gasteiger partial charge in [0.2, 0.25) is 0 Å². The lowest BCUT2D eigenvalue weighted by Crippen LogP contribution is -2.40. The molecule has 104 valence electrons. The van der Waals surface area contributed by atoms with Crippen LogP contribution < -0.4 is 5.32 Å². The van der Waals surface area contributed by atoms with Crippen molar-refractivity contribution in [3.63, 3.8) is 0 Å². The largest absolute Gasteiger partial charge is 0.377 e. The minimum absolute atomic E-state index is 0.325. The summed E-state index contributed by atoms with van der Waals surface area (Å²) in [6.45, 7) is 15.3. The Morgan fingerprint density at radius 3 is 2.29 bits per heavy atom. The van der Waals surface area contributed by atoms with E-state index in [0.29, 0.717) is 17.6 Å². The van der Waals surface area contributed by atoms with Gasteiger partial charge in [0.15, 0.2) is 0 Å². The third-order valence-corrected chi connectivity index (χ3v) is 3.09. The first-order valence-corrected chi connectivity index (χ1v) is 7.25. The molecule has 0 rings (SSSR count). The van der Waals surface area contributed by atoms with Gasteiger partial charge >= 0.3 is 0 Å². The van der Waals surface area contributed by atoms with Gasteiger partial charge in [-0.1, -0.05) is 34.1 Å². The van der Waals surface area contributed by atoms with Gasteiger partial charge in [-0.2, -0.15) is 0 Å². The standard InChI is InChI=1S/C15H33NO/c1-7-12-16-14(13(3)17-8-2)10-9-11-15(4,5)6/h13-14,16H,7-12H2,1-6H3. The zero-order valence-electron chi connectivity index (χ0n) is 12.8. The van der Waals surface area contributed by atoms with Crippen LogP contribution in [0.4, 0.5) is 0 Å². The van der Waals surface area contributed by atoms with Gasteiger partial charge in [-0.05, 0) is 45.1 Å². The van der Waals surface area contributed by atoms with Crippen LogP contribution in [-0.2, 0) is 4.74 Å². The second kappa shape index (κ2) is 8.93. The van der Waals surface area contributed by atoms with Crippen molar-refractivity contribution in [3.05, 3.63) is 0 Å². The molecule has 1 N–H and O–H groups in total. The van der Waals surface area contributed by atoms with Gasteiger partial charge in [0.05, 0.1) is 6.10 Å². The Bertz CT molecular complexity index is 174. The van der Waals surface area contributed by atoms with Gasteiger partial charge in [0.25, 0.3) is 0 Å². The maximum atomic E-state index is 5.72. The third-order valence-electron chi connectivity index (χ3n) is 3.09. The predicted molar refractivity (Wildman–Crippen MR) is 76.5 cm³/mol. The molecule has 0 aromatic carbocycles. The van der Waals surface area contributed by atoms with Crippen LogP contribution in [0.3, 0.4) is 0 Å². The van der Waals surface area contributed by atoms with Crippen LogP contribution in [0.1, 0.15) is 67.2 Å². The molecule has 0 spiro atoms. The van der Waals surface area contributed by atoms with E-state index in [1.54, 1.807) is 0 Å². The van der Waals surface area contributed by atoms with Crippen molar-refractivity contribution < 1.29 is 4.74 Å². The summed E-state index contributed by atoms with van der Waals surface area (Å²) in [7, 11) is 0. The van der Waals surface area contributed by atoms with Crippen molar-refractivity contribution in [2.24, 2.45) is 5.41 Å². The molecule has 0 aliphatic carbocycles. The highest BCUT2D eigenvalue weighted by atomic mass is 16.5. The smallest absolute Gasteiger partial charge is 0.0699 e. The fourth-order valence-electron chi connectivity index (χ4n) is 2.06. The maximum Gasteiger partial charge on any atom is 0.0699 e. The summed E-state index contributed by atoms with van der Waals surface area (Å²) < 4.78 is 5.72. The summed E-state index contributed by atoms with van der Waals surface area (Å²) in [5.74, 6) is 0. The van der Waals surface area contributed by atoms with Crippen molar-refractivity contribution in [3.8, 4) is 0 Å². The maximum absolute atomic E-state index is 5.72. The van der Waals surface area contributed by atoms with E-state index in [1.165, 1.54) is 25.7 Å². The van der Waals surface area contributed by atoms with Crippen molar-refractivity contribution in [2.75, 3.05) is 13.2 Å². The Labute approximate surface area is 109 Å². The molecule has 17 heavy (non-hydrogen) atoms. The average Bonchev–Trinajstić information content (AvgIpc) is 2.21. The Morgan fingerprint density at radius 2 is 1.82 bits per heavy atom. The molecular weight excluding hydrogens is 210 g/mol. The van der Waals surface area contributed by atoms with Crippen LogP contribution in [0.5, 0.6) is 0 Å². The van der Waals surface area contributed by atoms with E-state index in [-0.39, 0.29) is 0 Å². The molecule has 0 aliphatic rings. The number of rotatable bonds is 9. The van der Waals surface area contributed by atoms with Crippen LogP contribution in [0.15, 0.2) is 0 Å². The lowest BCUT2D eigenvalue weighted by atomic mass is 9.88. The summed E-state index contributed by atoms with van der Waals surface area (Å²) in [6, 6.07) is 0.511. The van der Waals surface area contributed by atoms with Gasteiger partial charge < -0.3 is 10.1 Å². The van der Waals surface area contributed by atoms with Gasteiger partial charge in [0.1, 0.15) is 0 Å². The van der Waals surface area contributed by atoms with Crippen molar-refractivity contribution >= 4 is 0 Å². The fourth-order valence-corrected chi connectivity index (χ4v) is 2.06. The molecule has 0 heterocycles. The Morgan fingerprint density at radius 1 is 1.18 bits per heavy atom. The highest BCUT2D eigenvalue weighted by Gasteiger charge is 2.18. The molecule has 0 fully saturated rings. The normalized spacial score (nSPS) is 15.9. The topological polar surface area (TPSA) is 21.3 Å². The highest BCUT2D eigenvalue weighted by molar-refractivity contribution is 4.75. The Hall–Kier alpha value is -0.0800. The second-order valence-electron chi connectivity index (χ2n) is 6.17. The van der Waals surface area contributed by atoms with Gasteiger partial charge in [-0.15, -0.1) is 0 Å². The number of hydrogen-bond donors (Lipinski definition) is 1. The lowest BCUT2D eigenvalue weighted by Gasteiger charge is -2.26. The van der Waals surface area contributed by atoms with Crippen LogP contribution in [0.25, 0.3) is 0 Å². The molecule has 0 aliphatic heterocycles. The average molecular weight is 243 g/mol. The fraction of sp³-hybridized carbons (Fsp3) is 1.00. The summed E-state index contributed by atoms with van der Waals surface area (Å²) in [4.78, 5) is 0. The predicted octanol–water partition coefficient (Wildman–Crippen LogP) is 4.00. The molecule has 0 amide bonds. The quantitative estimate of drug-likeness (QED) is 0.661. The van der Waals surface area contributed by atoms with E-state index >= 15 is 0 Å². The lowest BCUT2D eigenvalue weighted by molar-refractivity contribution is 0.0439. The summed E-state index contributed by atoms with van der Waals surface area (Å²) in [5.41, 5.74) is 0.449. The van der Waals surface area contributed by atoms with Gasteiger partial charge in [-0.3, -0.25) is 0 Å². The third kappa shape index (κ3) is 9.61. The minimum atomic E-state index is 0.325. The minimum Gasteiger partial charge on any atom is -0.377 e. The number of hydrogen-bond acceptors (Lipinski definition) is 2. The SMILES string of the molecule is CCCNC(CCCC(C)(C)C)C(C)OCC. The molecule has 0 saturated carbocycles. The van der Waals surface area contributed by atoms with Crippen molar-refractivity contribution in [2.45, 2.75) is 79.4 Å². The molecule has 0 aromatic rings. The molecule has 0 bridgehead atoms. The van der Waals surface area contributed by atoms with Crippen LogP contribution >= 0.6 is 0 Å². The van der Waals surface area contributed by atoms with Gasteiger partial charge in [0, 0.05) is 12.6 Å². The summed E-state index contributed by atoms with van der Waals surface area (Å²) in [6.07, 6.45) is 5.30. The molecule has 2 unspecified atom stereocenters. The number of ether oxygens (including phenoxy) is 1. The van der Waals surface area contributed by atoms with E-state index in [0.717, 1.165) is 13.2 Å². The Balaban J connectivity index is 4.00. The van der Waals surface area contributed by atoms with E-state index < -0.39 is 0 Å². The van der Waals surface area contributed by atoms with Crippen LogP contribution in [-0.4, -0.2) is 25.3 Å². The molecular formula is C15H33NO. The zero-order chi connectivity index (χ0) is 13.3. The molecule has 2 atom stereocenters. The van der Waals surface area contributed by atoms with Crippen molar-refractivity contribution in [1.82, 2.24) is 5.32 Å². The summed E-state index contributed by atoms with van der Waals surface area (Å²) >= 11 is 0. The van der Waals surface area contributed by atoms with E-state index in [1.807, 2.05) is 0 Å². The molecule has 2 nitrogen and oxygen atoms in total. The first-order chi connectivity index (χ1) is 7.90. The highest BCUT2D eigenvalue weighted by Crippen LogP contribution is 2.22. The Kier molecular flexibility index (Phi) is 8.89. The van der Waals surface area contributed by atoms with E-state index in [4.69, 9.17) is 4.74 Å². The van der Waals surface area contributed by atoms with Crippen molar-refractivity contribution in [1.29, 1.82) is 0 Å². The molecule has 0 radical (unpaired) electrons. The summed E-state index contributed by atoms with van der Waals surface area (Å²) in [5, 5.41) is 3.62. The van der Waals surface area contributed by atoms with E-state index in [2.05, 4.69) is 46.9 Å². The van der Waals surface area contributed by atoms with E-state index in [9.17, 15) is 0 Å².